The number of aliphatic carboxylic acids is 2. The largest absolute Gasteiger partial charge is 0.481 e. The van der Waals surface area contributed by atoms with Crippen LogP contribution >= 0.6 is 11.6 Å². The van der Waals surface area contributed by atoms with Crippen LogP contribution in [0.15, 0.2) is 48.5 Å². The number of carbonyl (C=O) groups is 2. The molecular formula is C28H36ClN5O6. The van der Waals surface area contributed by atoms with Crippen LogP contribution in [0.5, 0.6) is 0 Å². The number of anilines is 1. The van der Waals surface area contributed by atoms with E-state index in [1.54, 1.807) is 19.9 Å². The van der Waals surface area contributed by atoms with Gasteiger partial charge in [-0.3, -0.25) is 29.9 Å². The van der Waals surface area contributed by atoms with Crippen LogP contribution in [0.4, 0.5) is 11.4 Å². The Bertz CT molecular complexity index is 1270. The quantitative estimate of drug-likeness (QED) is 0.258. The second-order valence-electron chi connectivity index (χ2n) is 10.8. The van der Waals surface area contributed by atoms with Crippen LogP contribution in [-0.4, -0.2) is 76.9 Å². The second kappa shape index (κ2) is 11.7. The van der Waals surface area contributed by atoms with E-state index < -0.39 is 45.8 Å². The Morgan fingerprint density at radius 3 is 2.33 bits per heavy atom. The van der Waals surface area contributed by atoms with Crippen LogP contribution < -0.4 is 16.0 Å². The van der Waals surface area contributed by atoms with E-state index in [2.05, 4.69) is 15.1 Å². The van der Waals surface area contributed by atoms with Gasteiger partial charge >= 0.3 is 11.9 Å². The number of carboxylic acids is 2. The molecule has 11 nitrogen and oxygen atoms in total. The van der Waals surface area contributed by atoms with Gasteiger partial charge < -0.3 is 20.8 Å². The number of non-ortho nitro benzene ring substituents is 1. The zero-order chi connectivity index (χ0) is 29.2. The van der Waals surface area contributed by atoms with E-state index in [9.17, 15) is 29.9 Å². The minimum atomic E-state index is -1.72. The molecule has 2 aromatic carbocycles. The Hall–Kier alpha value is -3.25. The van der Waals surface area contributed by atoms with E-state index in [1.807, 2.05) is 24.3 Å². The number of piperazine rings is 1. The van der Waals surface area contributed by atoms with Crippen LogP contribution in [0, 0.1) is 20.9 Å². The summed E-state index contributed by atoms with van der Waals surface area (Å²) in [6, 6.07) is 12.6. The predicted molar refractivity (Wildman–Crippen MR) is 152 cm³/mol. The summed E-state index contributed by atoms with van der Waals surface area (Å²) >= 11 is 6.16. The Labute approximate surface area is 238 Å². The molecule has 2 aliphatic rings. The van der Waals surface area contributed by atoms with Crippen LogP contribution in [0.1, 0.15) is 38.2 Å². The summed E-state index contributed by atoms with van der Waals surface area (Å²) in [5.41, 5.74) is 4.19. The van der Waals surface area contributed by atoms with E-state index >= 15 is 0 Å². The van der Waals surface area contributed by atoms with Gasteiger partial charge in [-0.25, -0.2) is 0 Å². The van der Waals surface area contributed by atoms with Crippen molar-refractivity contribution in [1.29, 1.82) is 0 Å². The van der Waals surface area contributed by atoms with E-state index in [0.29, 0.717) is 24.7 Å². The maximum atomic E-state index is 13.3. The van der Waals surface area contributed by atoms with Gasteiger partial charge in [0.2, 0.25) is 0 Å². The lowest BCUT2D eigenvalue weighted by molar-refractivity contribution is -0.385. The molecule has 5 atom stereocenters. The number of carboxylic acid groups (broad SMARTS) is 2. The summed E-state index contributed by atoms with van der Waals surface area (Å²) in [7, 11) is 0. The number of hydrogen-bond donors (Lipinski definition) is 4. The third-order valence-corrected chi connectivity index (χ3v) is 9.21. The van der Waals surface area contributed by atoms with Crippen molar-refractivity contribution < 1.29 is 24.7 Å². The fraction of sp³-hybridized carbons (Fsp3) is 0.500. The van der Waals surface area contributed by atoms with Crippen molar-refractivity contribution in [2.24, 2.45) is 16.6 Å². The average molecular weight is 574 g/mol. The molecule has 2 aromatic rings. The highest BCUT2D eigenvalue weighted by Crippen LogP contribution is 2.58. The number of nitro groups is 1. The standard InChI is InChI=1S/C28H36ClN5O6/c1-3-27(25(35)36)23(19-6-4-9-22(16-19)34(39)40)28(26(37)38,18(2)31-24(27)30)10-11-32-12-14-33(15-13-32)21-8-5-7-20(29)17-21/h4-9,16-18,23-24,31H,3,10-15,30H2,1-2H3,(H,35,36)(H,37,38). The number of hydrogen-bond acceptors (Lipinski definition) is 8. The van der Waals surface area contributed by atoms with Gasteiger partial charge in [0.25, 0.3) is 5.69 Å². The van der Waals surface area contributed by atoms with E-state index in [1.165, 1.54) is 18.2 Å². The number of rotatable bonds is 9. The molecule has 5 unspecified atom stereocenters. The molecule has 2 saturated heterocycles. The number of nitro benzene ring substituents is 1. The van der Waals surface area contributed by atoms with Crippen molar-refractivity contribution in [3.8, 4) is 0 Å². The number of nitrogens with zero attached hydrogens (tertiary/aromatic N) is 3. The van der Waals surface area contributed by atoms with Gasteiger partial charge in [0.15, 0.2) is 0 Å². The van der Waals surface area contributed by atoms with Crippen molar-refractivity contribution in [3.63, 3.8) is 0 Å². The van der Waals surface area contributed by atoms with Crippen molar-refractivity contribution in [3.05, 3.63) is 69.2 Å². The van der Waals surface area contributed by atoms with Gasteiger partial charge in [0, 0.05) is 61.0 Å². The third kappa shape index (κ3) is 5.14. The van der Waals surface area contributed by atoms with Gasteiger partial charge in [-0.2, -0.15) is 0 Å². The Morgan fingerprint density at radius 2 is 1.75 bits per heavy atom. The van der Waals surface area contributed by atoms with Crippen LogP contribution in [-0.2, 0) is 9.59 Å². The molecule has 0 saturated carbocycles. The fourth-order valence-corrected chi connectivity index (χ4v) is 6.91. The summed E-state index contributed by atoms with van der Waals surface area (Å²) in [4.78, 5) is 41.7. The zero-order valence-electron chi connectivity index (χ0n) is 22.6. The van der Waals surface area contributed by atoms with Gasteiger partial charge in [0.05, 0.1) is 16.5 Å². The Balaban J connectivity index is 1.69. The Morgan fingerprint density at radius 1 is 1.10 bits per heavy atom. The van der Waals surface area contributed by atoms with Crippen LogP contribution in [0.2, 0.25) is 5.02 Å². The van der Waals surface area contributed by atoms with Gasteiger partial charge in [-0.05, 0) is 50.1 Å². The highest BCUT2D eigenvalue weighted by molar-refractivity contribution is 6.30. The van der Waals surface area contributed by atoms with Crippen LogP contribution in [0.3, 0.4) is 0 Å². The maximum absolute atomic E-state index is 13.3. The predicted octanol–water partition coefficient (Wildman–Crippen LogP) is 3.37. The smallest absolute Gasteiger partial charge is 0.313 e. The lowest BCUT2D eigenvalue weighted by Crippen LogP contribution is -2.73. The first-order chi connectivity index (χ1) is 19.0. The molecule has 2 aliphatic heterocycles. The summed E-state index contributed by atoms with van der Waals surface area (Å²) in [6.07, 6.45) is -0.907. The van der Waals surface area contributed by atoms with Crippen LogP contribution in [0.25, 0.3) is 0 Å². The van der Waals surface area contributed by atoms with Gasteiger partial charge in [-0.1, -0.05) is 36.7 Å². The minimum Gasteiger partial charge on any atom is -0.481 e. The molecule has 216 valence electrons. The molecule has 12 heteroatoms. The number of nitrogens with one attached hydrogen (secondary N) is 1. The zero-order valence-corrected chi connectivity index (χ0v) is 23.4. The molecule has 0 radical (unpaired) electrons. The minimum absolute atomic E-state index is 0.0317. The molecule has 2 heterocycles. The van der Waals surface area contributed by atoms with Gasteiger partial charge in [-0.15, -0.1) is 0 Å². The van der Waals surface area contributed by atoms with E-state index in [-0.39, 0.29) is 24.1 Å². The normalized spacial score (nSPS) is 29.2. The summed E-state index contributed by atoms with van der Waals surface area (Å²) in [5, 5.41) is 36.8. The first-order valence-corrected chi connectivity index (χ1v) is 13.8. The van der Waals surface area contributed by atoms with Crippen molar-refractivity contribution in [2.45, 2.75) is 44.8 Å². The van der Waals surface area contributed by atoms with Crippen molar-refractivity contribution >= 4 is 34.9 Å². The molecule has 2 fully saturated rings. The second-order valence-corrected chi connectivity index (χ2v) is 11.2. The molecule has 0 aromatic heterocycles. The lowest BCUT2D eigenvalue weighted by atomic mass is 9.51. The maximum Gasteiger partial charge on any atom is 0.313 e. The first-order valence-electron chi connectivity index (χ1n) is 13.4. The number of nitrogens with two attached hydrogens (primary N) is 1. The Kier molecular flexibility index (Phi) is 8.69. The average Bonchev–Trinajstić information content (AvgIpc) is 2.92. The SMILES string of the molecule is CCC1(C(=O)O)C(N)NC(C)C(CCN2CCN(c3cccc(Cl)c3)CC2)(C(=O)O)C1c1cccc([N+](=O)[O-])c1. The van der Waals surface area contributed by atoms with Crippen molar-refractivity contribution in [2.75, 3.05) is 37.6 Å². The molecule has 4 rings (SSSR count). The summed E-state index contributed by atoms with van der Waals surface area (Å²) in [5.74, 6) is -3.52. The molecule has 0 spiro atoms. The molecule has 0 bridgehead atoms. The highest BCUT2D eigenvalue weighted by atomic mass is 35.5. The molecule has 40 heavy (non-hydrogen) atoms. The number of benzene rings is 2. The highest BCUT2D eigenvalue weighted by Gasteiger charge is 2.66. The monoisotopic (exact) mass is 573 g/mol. The van der Waals surface area contributed by atoms with E-state index in [4.69, 9.17) is 17.3 Å². The number of piperidine rings is 1. The molecular weight excluding hydrogens is 538 g/mol. The number of halogens is 1. The molecule has 0 amide bonds. The van der Waals surface area contributed by atoms with Crippen molar-refractivity contribution in [1.82, 2.24) is 10.2 Å². The van der Waals surface area contributed by atoms with E-state index in [0.717, 1.165) is 18.8 Å². The summed E-state index contributed by atoms with van der Waals surface area (Å²) < 4.78 is 0. The summed E-state index contributed by atoms with van der Waals surface area (Å²) in [6.45, 7) is 6.59. The van der Waals surface area contributed by atoms with Gasteiger partial charge in [0.1, 0.15) is 5.41 Å². The first kappa shape index (κ1) is 29.7. The molecule has 0 aliphatic carbocycles. The lowest BCUT2D eigenvalue weighted by Gasteiger charge is -2.57. The fourth-order valence-electron chi connectivity index (χ4n) is 6.72. The third-order valence-electron chi connectivity index (χ3n) is 8.97. The topological polar surface area (TPSA) is 162 Å². The molecule has 5 N–H and O–H groups in total.